The van der Waals surface area contributed by atoms with Gasteiger partial charge in [-0.2, -0.15) is 0 Å². The number of carboxylic acids is 1. The van der Waals surface area contributed by atoms with Crippen LogP contribution in [0, 0.1) is 23.7 Å². The average Bonchev–Trinajstić information content (AvgIpc) is 3.71. The highest BCUT2D eigenvalue weighted by Crippen LogP contribution is 2.44. The number of fused-ring (bicyclic) bond motifs is 3. The summed E-state index contributed by atoms with van der Waals surface area (Å²) in [5.74, 6) is -1.12. The number of aliphatic carboxylic acids is 1. The molecule has 0 saturated heterocycles. The van der Waals surface area contributed by atoms with Gasteiger partial charge in [0.1, 0.15) is 6.61 Å². The first-order valence-electron chi connectivity index (χ1n) is 11.1. The van der Waals surface area contributed by atoms with Gasteiger partial charge in [-0.15, -0.1) is 0 Å². The molecule has 3 aliphatic rings. The highest BCUT2D eigenvalue weighted by atomic mass is 16.5. The second-order valence-corrected chi connectivity index (χ2v) is 8.99. The molecule has 0 aliphatic heterocycles. The number of rotatable bonds is 8. The van der Waals surface area contributed by atoms with Crippen molar-refractivity contribution in [3.63, 3.8) is 0 Å². The van der Waals surface area contributed by atoms with E-state index in [9.17, 15) is 14.4 Å². The summed E-state index contributed by atoms with van der Waals surface area (Å²) in [5, 5.41) is 14.5. The Bertz CT molecular complexity index is 1020. The van der Waals surface area contributed by atoms with Crippen molar-refractivity contribution in [3.05, 3.63) is 59.7 Å². The minimum Gasteiger partial charge on any atom is -0.481 e. The molecule has 2 amide bonds. The lowest BCUT2D eigenvalue weighted by atomic mass is 9.98. The van der Waals surface area contributed by atoms with Crippen molar-refractivity contribution in [2.75, 3.05) is 19.7 Å². The van der Waals surface area contributed by atoms with Crippen LogP contribution in [0.5, 0.6) is 0 Å². The van der Waals surface area contributed by atoms with E-state index in [2.05, 4.69) is 34.9 Å². The minimum absolute atomic E-state index is 0.0182. The van der Waals surface area contributed by atoms with Crippen LogP contribution in [-0.2, 0) is 14.3 Å². The molecule has 166 valence electrons. The molecule has 2 saturated carbocycles. The van der Waals surface area contributed by atoms with Crippen LogP contribution < -0.4 is 10.6 Å². The molecule has 32 heavy (non-hydrogen) atoms. The Hall–Kier alpha value is -3.35. The van der Waals surface area contributed by atoms with Crippen molar-refractivity contribution in [1.82, 2.24) is 10.6 Å². The lowest BCUT2D eigenvalue weighted by Gasteiger charge is -2.14. The van der Waals surface area contributed by atoms with Gasteiger partial charge in [0.25, 0.3) is 0 Å². The molecule has 3 aliphatic carbocycles. The van der Waals surface area contributed by atoms with Gasteiger partial charge in [0.2, 0.25) is 5.91 Å². The Balaban J connectivity index is 1.06. The fourth-order valence-corrected chi connectivity index (χ4v) is 4.80. The predicted molar refractivity (Wildman–Crippen MR) is 117 cm³/mol. The second-order valence-electron chi connectivity index (χ2n) is 8.99. The summed E-state index contributed by atoms with van der Waals surface area (Å²) in [6.45, 7) is 1.08. The molecular formula is C25H26N2O5. The van der Waals surface area contributed by atoms with Crippen molar-refractivity contribution in [3.8, 4) is 11.1 Å². The Morgan fingerprint density at radius 1 is 0.844 bits per heavy atom. The molecular weight excluding hydrogens is 408 g/mol. The van der Waals surface area contributed by atoms with Gasteiger partial charge in [0, 0.05) is 24.9 Å². The second kappa shape index (κ2) is 8.30. The summed E-state index contributed by atoms with van der Waals surface area (Å²) >= 11 is 0. The van der Waals surface area contributed by atoms with Crippen LogP contribution in [0.1, 0.15) is 29.9 Å². The van der Waals surface area contributed by atoms with Crippen LogP contribution >= 0.6 is 0 Å². The van der Waals surface area contributed by atoms with Crippen molar-refractivity contribution >= 4 is 18.0 Å². The van der Waals surface area contributed by atoms with Crippen LogP contribution in [0.15, 0.2) is 48.5 Å². The van der Waals surface area contributed by atoms with Gasteiger partial charge < -0.3 is 20.5 Å². The molecule has 0 bridgehead atoms. The molecule has 2 fully saturated rings. The van der Waals surface area contributed by atoms with E-state index in [4.69, 9.17) is 9.84 Å². The number of alkyl carbamates (subject to hydrolysis) is 1. The number of carboxylic acid groups (broad SMARTS) is 1. The summed E-state index contributed by atoms with van der Waals surface area (Å²) < 4.78 is 5.53. The maximum Gasteiger partial charge on any atom is 0.407 e. The van der Waals surface area contributed by atoms with Crippen LogP contribution in [0.25, 0.3) is 11.1 Å². The zero-order valence-electron chi connectivity index (χ0n) is 17.6. The molecule has 0 aromatic heterocycles. The fraction of sp³-hybridized carbons (Fsp3) is 0.400. The summed E-state index contributed by atoms with van der Waals surface area (Å²) in [7, 11) is 0. The molecule has 3 N–H and O–H groups in total. The number of benzene rings is 2. The Labute approximate surface area is 186 Å². The maximum absolute atomic E-state index is 12.3. The molecule has 2 aromatic carbocycles. The highest BCUT2D eigenvalue weighted by Gasteiger charge is 2.46. The first-order chi connectivity index (χ1) is 15.5. The van der Waals surface area contributed by atoms with E-state index in [1.807, 2.05) is 24.3 Å². The van der Waals surface area contributed by atoms with Crippen LogP contribution in [-0.4, -0.2) is 42.8 Å². The summed E-state index contributed by atoms with van der Waals surface area (Å²) in [6, 6.07) is 16.4. The van der Waals surface area contributed by atoms with Crippen LogP contribution in [0.2, 0.25) is 0 Å². The van der Waals surface area contributed by atoms with Gasteiger partial charge in [-0.05, 0) is 46.9 Å². The van der Waals surface area contributed by atoms with E-state index in [0.29, 0.717) is 19.5 Å². The normalized spacial score (nSPS) is 24.8. The highest BCUT2D eigenvalue weighted by molar-refractivity contribution is 5.82. The lowest BCUT2D eigenvalue weighted by Crippen LogP contribution is -2.31. The summed E-state index contributed by atoms with van der Waals surface area (Å²) in [6.07, 6.45) is 0.885. The fourth-order valence-electron chi connectivity index (χ4n) is 4.80. The summed E-state index contributed by atoms with van der Waals surface area (Å²) in [4.78, 5) is 35.3. The van der Waals surface area contributed by atoms with Crippen LogP contribution in [0.3, 0.4) is 0 Å². The molecule has 7 nitrogen and oxygen atoms in total. The number of carbonyl (C=O) groups excluding carboxylic acids is 2. The molecule has 5 rings (SSSR count). The van der Waals surface area contributed by atoms with E-state index >= 15 is 0 Å². The number of hydrogen-bond acceptors (Lipinski definition) is 4. The number of amides is 2. The van der Waals surface area contributed by atoms with E-state index < -0.39 is 12.1 Å². The predicted octanol–water partition coefficient (Wildman–Crippen LogP) is 3.00. The molecule has 2 aromatic rings. The van der Waals surface area contributed by atoms with Gasteiger partial charge >= 0.3 is 12.1 Å². The monoisotopic (exact) mass is 434 g/mol. The van der Waals surface area contributed by atoms with Gasteiger partial charge in [0.05, 0.1) is 5.92 Å². The topological polar surface area (TPSA) is 105 Å². The molecule has 0 radical (unpaired) electrons. The Kier molecular flexibility index (Phi) is 5.33. The van der Waals surface area contributed by atoms with Crippen LogP contribution in [0.4, 0.5) is 4.79 Å². The van der Waals surface area contributed by atoms with Crippen molar-refractivity contribution in [1.29, 1.82) is 0 Å². The average molecular weight is 434 g/mol. The quantitative estimate of drug-likeness (QED) is 0.593. The third-order valence-corrected chi connectivity index (χ3v) is 6.89. The SMILES string of the molecule is O=C(NC[C@H]1C[C@H]1C(=O)NC[C@H]1C[C@H]1C(=O)O)OCC1c2ccccc2-c2ccccc21. The van der Waals surface area contributed by atoms with E-state index in [1.165, 1.54) is 22.3 Å². The third kappa shape index (κ3) is 4.07. The largest absolute Gasteiger partial charge is 0.481 e. The van der Waals surface area contributed by atoms with E-state index in [-0.39, 0.29) is 42.1 Å². The van der Waals surface area contributed by atoms with Gasteiger partial charge in [0.15, 0.2) is 0 Å². The van der Waals surface area contributed by atoms with Crippen molar-refractivity contribution in [2.24, 2.45) is 23.7 Å². The molecule has 0 heterocycles. The van der Waals surface area contributed by atoms with Crippen molar-refractivity contribution in [2.45, 2.75) is 18.8 Å². The maximum atomic E-state index is 12.3. The minimum atomic E-state index is -0.791. The molecule has 0 spiro atoms. The lowest BCUT2D eigenvalue weighted by molar-refractivity contribution is -0.139. The van der Waals surface area contributed by atoms with E-state index in [1.54, 1.807) is 0 Å². The zero-order valence-corrected chi connectivity index (χ0v) is 17.6. The van der Waals surface area contributed by atoms with Gasteiger partial charge in [-0.25, -0.2) is 4.79 Å². The molecule has 7 heteroatoms. The first kappa shape index (κ1) is 20.5. The molecule has 4 atom stereocenters. The third-order valence-electron chi connectivity index (χ3n) is 6.89. The number of hydrogen-bond donors (Lipinski definition) is 3. The summed E-state index contributed by atoms with van der Waals surface area (Å²) in [5.41, 5.74) is 4.71. The smallest absolute Gasteiger partial charge is 0.407 e. The zero-order chi connectivity index (χ0) is 22.2. The van der Waals surface area contributed by atoms with Gasteiger partial charge in [-0.1, -0.05) is 48.5 Å². The number of ether oxygens (including phenoxy) is 1. The standard InChI is InChI=1S/C25H26N2O5/c28-23(26-11-15-10-21(15)24(29)30)20-9-14(20)12-27-25(31)32-13-22-18-7-3-1-5-16(18)17-6-2-4-8-19(17)22/h1-8,14-15,20-22H,9-13H2,(H,26,28)(H,27,31)(H,29,30)/t14-,15-,20-,21-/m1/s1. The Morgan fingerprint density at radius 2 is 1.41 bits per heavy atom. The first-order valence-corrected chi connectivity index (χ1v) is 11.1. The number of nitrogens with one attached hydrogen (secondary N) is 2. The Morgan fingerprint density at radius 3 is 2.03 bits per heavy atom. The molecule has 0 unspecified atom stereocenters. The number of carbonyl (C=O) groups is 3. The van der Waals surface area contributed by atoms with E-state index in [0.717, 1.165) is 6.42 Å². The van der Waals surface area contributed by atoms with Gasteiger partial charge in [-0.3, -0.25) is 9.59 Å². The van der Waals surface area contributed by atoms with Crippen molar-refractivity contribution < 1.29 is 24.2 Å².